The van der Waals surface area contributed by atoms with E-state index < -0.39 is 0 Å². The van der Waals surface area contributed by atoms with Crippen molar-refractivity contribution >= 4 is 5.78 Å². The number of hydrogen-bond acceptors (Lipinski definition) is 2. The first-order valence-electron chi connectivity index (χ1n) is 8.28. The summed E-state index contributed by atoms with van der Waals surface area (Å²) in [6, 6.07) is 3.68. The molecule has 0 fully saturated rings. The summed E-state index contributed by atoms with van der Waals surface area (Å²) < 4.78 is 0. The largest absolute Gasteiger partial charge is 0.294 e. The number of hydrogen-bond donors (Lipinski definition) is 0. The highest BCUT2D eigenvalue weighted by Gasteiger charge is 2.04. The number of unbranched alkanes of at least 4 members (excludes halogenated alkanes) is 9. The molecule has 0 aromatic carbocycles. The highest BCUT2D eigenvalue weighted by atomic mass is 16.1. The third kappa shape index (κ3) is 8.08. The van der Waals surface area contributed by atoms with Crippen LogP contribution < -0.4 is 0 Å². The third-order valence-electron chi connectivity index (χ3n) is 3.74. The lowest BCUT2D eigenvalue weighted by atomic mass is 10.0. The second-order valence-electron chi connectivity index (χ2n) is 5.60. The number of nitrogens with zero attached hydrogens (tertiary/aromatic N) is 1. The molecule has 0 unspecified atom stereocenters. The van der Waals surface area contributed by atoms with Gasteiger partial charge in [0.1, 0.15) is 0 Å². The van der Waals surface area contributed by atoms with E-state index in [-0.39, 0.29) is 5.78 Å². The molecule has 1 aromatic heterocycles. The third-order valence-corrected chi connectivity index (χ3v) is 3.74. The summed E-state index contributed by atoms with van der Waals surface area (Å²) in [4.78, 5) is 15.8. The molecule has 2 nitrogen and oxygen atoms in total. The standard InChI is InChI=1S/C18H29NO/c1-2-3-4-5-6-7-8-9-10-11-14-18(20)17-13-12-15-19-16-17/h12-13,15-16H,2-11,14H2,1H3. The molecule has 0 N–H and O–H groups in total. The topological polar surface area (TPSA) is 30.0 Å². The van der Waals surface area contributed by atoms with Crippen molar-refractivity contribution in [1.82, 2.24) is 4.98 Å². The van der Waals surface area contributed by atoms with Gasteiger partial charge in [-0.2, -0.15) is 0 Å². The molecule has 0 bridgehead atoms. The van der Waals surface area contributed by atoms with Crippen LogP contribution in [-0.4, -0.2) is 10.8 Å². The minimum atomic E-state index is 0.234. The van der Waals surface area contributed by atoms with Crippen LogP contribution in [-0.2, 0) is 0 Å². The van der Waals surface area contributed by atoms with Gasteiger partial charge in [-0.3, -0.25) is 9.78 Å². The van der Waals surface area contributed by atoms with Gasteiger partial charge in [0.2, 0.25) is 0 Å². The van der Waals surface area contributed by atoms with Gasteiger partial charge in [-0.25, -0.2) is 0 Å². The predicted octanol–water partition coefficient (Wildman–Crippen LogP) is 5.58. The van der Waals surface area contributed by atoms with E-state index in [2.05, 4.69) is 11.9 Å². The fraction of sp³-hybridized carbons (Fsp3) is 0.667. The number of ketones is 1. The first-order valence-corrected chi connectivity index (χ1v) is 8.28. The lowest BCUT2D eigenvalue weighted by molar-refractivity contribution is 0.0978. The van der Waals surface area contributed by atoms with E-state index in [9.17, 15) is 4.79 Å². The van der Waals surface area contributed by atoms with E-state index in [1.807, 2.05) is 12.1 Å². The predicted molar refractivity (Wildman–Crippen MR) is 85.0 cm³/mol. The van der Waals surface area contributed by atoms with E-state index >= 15 is 0 Å². The Balaban J connectivity index is 1.91. The molecule has 112 valence electrons. The van der Waals surface area contributed by atoms with E-state index in [0.717, 1.165) is 12.0 Å². The Labute approximate surface area is 124 Å². The van der Waals surface area contributed by atoms with E-state index in [1.165, 1.54) is 57.8 Å². The molecule has 0 atom stereocenters. The van der Waals surface area contributed by atoms with Gasteiger partial charge >= 0.3 is 0 Å². The maximum atomic E-state index is 11.8. The molecule has 20 heavy (non-hydrogen) atoms. The lowest BCUT2D eigenvalue weighted by Gasteiger charge is -2.02. The maximum Gasteiger partial charge on any atom is 0.164 e. The fourth-order valence-corrected chi connectivity index (χ4v) is 2.45. The first kappa shape index (κ1) is 16.9. The Morgan fingerprint density at radius 1 is 0.950 bits per heavy atom. The summed E-state index contributed by atoms with van der Waals surface area (Å²) in [6.07, 6.45) is 17.1. The highest BCUT2D eigenvalue weighted by molar-refractivity contribution is 5.95. The molecular formula is C18H29NO. The van der Waals surface area contributed by atoms with Gasteiger partial charge < -0.3 is 0 Å². The Bertz CT molecular complexity index is 348. The number of Topliss-reactive ketones (excluding diaryl/α,β-unsaturated/α-hetero) is 1. The zero-order chi connectivity index (χ0) is 14.5. The van der Waals surface area contributed by atoms with Gasteiger partial charge in [0.05, 0.1) is 0 Å². The Hall–Kier alpha value is -1.18. The molecule has 1 heterocycles. The van der Waals surface area contributed by atoms with Crippen LogP contribution >= 0.6 is 0 Å². The summed E-state index contributed by atoms with van der Waals surface area (Å²) in [7, 11) is 0. The van der Waals surface area contributed by atoms with Gasteiger partial charge in [-0.05, 0) is 18.6 Å². The number of carbonyl (C=O) groups excluding carboxylic acids is 1. The second kappa shape index (κ2) is 11.6. The van der Waals surface area contributed by atoms with Gasteiger partial charge in [-0.1, -0.05) is 64.7 Å². The fourth-order valence-electron chi connectivity index (χ4n) is 2.45. The van der Waals surface area contributed by atoms with Crippen molar-refractivity contribution in [3.63, 3.8) is 0 Å². The van der Waals surface area contributed by atoms with Crippen molar-refractivity contribution in [2.45, 2.75) is 77.6 Å². The number of carbonyl (C=O) groups is 1. The minimum absolute atomic E-state index is 0.234. The van der Waals surface area contributed by atoms with E-state index in [1.54, 1.807) is 12.4 Å². The second-order valence-corrected chi connectivity index (χ2v) is 5.60. The zero-order valence-corrected chi connectivity index (χ0v) is 12.9. The lowest BCUT2D eigenvalue weighted by Crippen LogP contribution is -1.99. The van der Waals surface area contributed by atoms with Gasteiger partial charge in [-0.15, -0.1) is 0 Å². The van der Waals surface area contributed by atoms with Crippen LogP contribution in [0.25, 0.3) is 0 Å². The molecule has 0 saturated heterocycles. The highest BCUT2D eigenvalue weighted by Crippen LogP contribution is 2.12. The average molecular weight is 275 g/mol. The zero-order valence-electron chi connectivity index (χ0n) is 12.9. The summed E-state index contributed by atoms with van der Waals surface area (Å²) in [6.45, 7) is 2.26. The summed E-state index contributed by atoms with van der Waals surface area (Å²) >= 11 is 0. The maximum absolute atomic E-state index is 11.8. The monoisotopic (exact) mass is 275 g/mol. The normalized spacial score (nSPS) is 10.7. The van der Waals surface area contributed by atoms with E-state index in [0.29, 0.717) is 6.42 Å². The van der Waals surface area contributed by atoms with Crippen LogP contribution in [0.3, 0.4) is 0 Å². The molecule has 2 heteroatoms. The van der Waals surface area contributed by atoms with Gasteiger partial charge in [0.15, 0.2) is 5.78 Å². The Morgan fingerprint density at radius 2 is 1.55 bits per heavy atom. The van der Waals surface area contributed by atoms with Crippen LogP contribution in [0.5, 0.6) is 0 Å². The quantitative estimate of drug-likeness (QED) is 0.368. The molecule has 0 aliphatic carbocycles. The van der Waals surface area contributed by atoms with Crippen LogP contribution in [0.4, 0.5) is 0 Å². The van der Waals surface area contributed by atoms with E-state index in [4.69, 9.17) is 0 Å². The molecule has 0 amide bonds. The van der Waals surface area contributed by atoms with Crippen LogP contribution in [0.2, 0.25) is 0 Å². The molecule has 0 radical (unpaired) electrons. The van der Waals surface area contributed by atoms with Crippen molar-refractivity contribution < 1.29 is 4.79 Å². The SMILES string of the molecule is CCCCCCCCCCCCC(=O)c1cccnc1. The number of pyridine rings is 1. The average Bonchev–Trinajstić information content (AvgIpc) is 2.50. The molecular weight excluding hydrogens is 246 g/mol. The molecule has 1 rings (SSSR count). The molecule has 0 aliphatic heterocycles. The summed E-state index contributed by atoms with van der Waals surface area (Å²) in [5.41, 5.74) is 0.753. The van der Waals surface area contributed by atoms with Crippen molar-refractivity contribution in [2.24, 2.45) is 0 Å². The molecule has 0 saturated carbocycles. The van der Waals surface area contributed by atoms with Gasteiger partial charge in [0.25, 0.3) is 0 Å². The summed E-state index contributed by atoms with van der Waals surface area (Å²) in [5, 5.41) is 0. The Kier molecular flexibility index (Phi) is 9.81. The van der Waals surface area contributed by atoms with Crippen LogP contribution in [0, 0.1) is 0 Å². The number of aromatic nitrogens is 1. The first-order chi connectivity index (χ1) is 9.84. The molecule has 0 aliphatic rings. The van der Waals surface area contributed by atoms with Crippen LogP contribution in [0.1, 0.15) is 87.9 Å². The smallest absolute Gasteiger partial charge is 0.164 e. The molecule has 0 spiro atoms. The van der Waals surface area contributed by atoms with Crippen molar-refractivity contribution in [2.75, 3.05) is 0 Å². The van der Waals surface area contributed by atoms with Crippen molar-refractivity contribution in [3.8, 4) is 0 Å². The van der Waals surface area contributed by atoms with Crippen molar-refractivity contribution in [3.05, 3.63) is 30.1 Å². The molecule has 1 aromatic rings. The van der Waals surface area contributed by atoms with Gasteiger partial charge in [0, 0.05) is 24.4 Å². The van der Waals surface area contributed by atoms with Crippen molar-refractivity contribution in [1.29, 1.82) is 0 Å². The summed E-state index contributed by atoms with van der Waals surface area (Å²) in [5.74, 6) is 0.234. The van der Waals surface area contributed by atoms with Crippen LogP contribution in [0.15, 0.2) is 24.5 Å². The Morgan fingerprint density at radius 3 is 2.10 bits per heavy atom. The minimum Gasteiger partial charge on any atom is -0.294 e. The number of rotatable bonds is 12.